The monoisotopic (exact) mass is 532 g/mol. The average Bonchev–Trinajstić information content (AvgIpc) is 3.17. The molecule has 4 fully saturated rings. The van der Waals surface area contributed by atoms with Crippen molar-refractivity contribution in [3.05, 3.63) is 11.6 Å². The number of aliphatic hydroxyl groups is 2. The summed E-state index contributed by atoms with van der Waals surface area (Å²) in [7, 11) is 0. The minimum atomic E-state index is -4.60. The molecule has 0 heterocycles. The Labute approximate surface area is 218 Å². The highest BCUT2D eigenvalue weighted by atomic mass is 19.4. The van der Waals surface area contributed by atoms with Crippen LogP contribution in [-0.2, 0) is 0 Å². The van der Waals surface area contributed by atoms with E-state index in [0.717, 1.165) is 44.1 Å². The highest BCUT2D eigenvalue weighted by molar-refractivity contribution is 5.28. The van der Waals surface area contributed by atoms with E-state index in [4.69, 9.17) is 0 Å². The Bertz CT molecular complexity index is 904. The maximum Gasteiger partial charge on any atom is 0.417 e. The summed E-state index contributed by atoms with van der Waals surface area (Å²) in [5, 5.41) is 21.4. The Hall–Kier alpha value is -0.690. The Kier molecular flexibility index (Phi) is 6.71. The van der Waals surface area contributed by atoms with Crippen LogP contribution in [0.5, 0.6) is 0 Å². The second-order valence-electron chi connectivity index (χ2n) is 14.3. The van der Waals surface area contributed by atoms with E-state index in [-0.39, 0.29) is 49.4 Å². The lowest BCUT2D eigenvalue weighted by Gasteiger charge is -2.59. The molecule has 7 heteroatoms. The zero-order valence-corrected chi connectivity index (χ0v) is 22.6. The van der Waals surface area contributed by atoms with Gasteiger partial charge in [-0.25, -0.2) is 8.78 Å². The van der Waals surface area contributed by atoms with Crippen LogP contribution in [0.1, 0.15) is 111 Å². The molecule has 5 aliphatic rings. The third-order valence-electron chi connectivity index (χ3n) is 12.4. The molecule has 2 nitrogen and oxygen atoms in total. The van der Waals surface area contributed by atoms with Crippen molar-refractivity contribution in [2.45, 2.75) is 134 Å². The van der Waals surface area contributed by atoms with E-state index >= 15 is 0 Å². The van der Waals surface area contributed by atoms with Crippen LogP contribution in [0.2, 0.25) is 0 Å². The summed E-state index contributed by atoms with van der Waals surface area (Å²) in [6, 6.07) is 0. The van der Waals surface area contributed by atoms with E-state index in [1.54, 1.807) is 0 Å². The summed E-state index contributed by atoms with van der Waals surface area (Å²) in [5.74, 6) is -0.356. The molecule has 5 aliphatic carbocycles. The SMILES string of the molecule is C[C@H](CCC1(O)CCC(F)(F)CC1)[C@H]1CC[C@H]2[C@@H]3CC=C4C[C@](O)(C(F)(F)F)CC[C@]4(C)C3CC[C@]12C. The number of allylic oxidation sites excluding steroid dienone is 1. The Morgan fingerprint density at radius 3 is 2.24 bits per heavy atom. The van der Waals surface area contributed by atoms with Crippen molar-refractivity contribution in [1.29, 1.82) is 0 Å². The average molecular weight is 533 g/mol. The van der Waals surface area contributed by atoms with Gasteiger partial charge in [0.15, 0.2) is 5.60 Å². The molecule has 37 heavy (non-hydrogen) atoms. The fourth-order valence-electron chi connectivity index (χ4n) is 9.89. The van der Waals surface area contributed by atoms with Gasteiger partial charge in [-0.1, -0.05) is 32.4 Å². The summed E-state index contributed by atoms with van der Waals surface area (Å²) >= 11 is 0. The van der Waals surface area contributed by atoms with E-state index in [1.807, 2.05) is 6.08 Å². The first-order chi connectivity index (χ1) is 17.0. The number of rotatable bonds is 4. The van der Waals surface area contributed by atoms with Crippen LogP contribution in [0, 0.1) is 40.4 Å². The van der Waals surface area contributed by atoms with Crippen LogP contribution >= 0.6 is 0 Å². The van der Waals surface area contributed by atoms with Gasteiger partial charge in [-0.2, -0.15) is 13.2 Å². The van der Waals surface area contributed by atoms with Gasteiger partial charge in [0.2, 0.25) is 5.92 Å². The smallest absolute Gasteiger partial charge is 0.390 e. The third kappa shape index (κ3) is 4.60. The Morgan fingerprint density at radius 1 is 0.919 bits per heavy atom. The topological polar surface area (TPSA) is 40.5 Å². The van der Waals surface area contributed by atoms with E-state index in [9.17, 15) is 32.2 Å². The Morgan fingerprint density at radius 2 is 1.59 bits per heavy atom. The summed E-state index contributed by atoms with van der Waals surface area (Å²) in [6.45, 7) is 6.84. The first kappa shape index (κ1) is 27.9. The van der Waals surface area contributed by atoms with Crippen LogP contribution in [0.3, 0.4) is 0 Å². The molecule has 0 spiro atoms. The van der Waals surface area contributed by atoms with E-state index in [1.165, 1.54) is 0 Å². The molecule has 212 valence electrons. The minimum Gasteiger partial charge on any atom is -0.390 e. The van der Waals surface area contributed by atoms with E-state index in [2.05, 4.69) is 20.8 Å². The second-order valence-corrected chi connectivity index (χ2v) is 14.3. The number of fused-ring (bicyclic) bond motifs is 5. The van der Waals surface area contributed by atoms with Gasteiger partial charge < -0.3 is 10.2 Å². The molecule has 0 amide bonds. The molecule has 0 radical (unpaired) electrons. The van der Waals surface area contributed by atoms with Crippen LogP contribution < -0.4 is 0 Å². The molecule has 2 N–H and O–H groups in total. The van der Waals surface area contributed by atoms with Gasteiger partial charge in [0.1, 0.15) is 0 Å². The van der Waals surface area contributed by atoms with Crippen molar-refractivity contribution in [2.75, 3.05) is 0 Å². The molecule has 0 aliphatic heterocycles. The molecule has 1 unspecified atom stereocenters. The number of alkyl halides is 5. The highest BCUT2D eigenvalue weighted by Crippen LogP contribution is 2.68. The van der Waals surface area contributed by atoms with Gasteiger partial charge in [-0.15, -0.1) is 0 Å². The summed E-state index contributed by atoms with van der Waals surface area (Å²) in [4.78, 5) is 0. The maximum absolute atomic E-state index is 13.6. The quantitative estimate of drug-likeness (QED) is 0.283. The molecule has 0 aromatic carbocycles. The van der Waals surface area contributed by atoms with Gasteiger partial charge in [-0.05, 0) is 111 Å². The number of hydrogen-bond donors (Lipinski definition) is 2. The number of halogens is 5. The predicted octanol–water partition coefficient (Wildman–Crippen LogP) is 8.22. The first-order valence-electron chi connectivity index (χ1n) is 14.6. The maximum atomic E-state index is 13.6. The second kappa shape index (κ2) is 8.91. The van der Waals surface area contributed by atoms with Crippen LogP contribution in [0.15, 0.2) is 11.6 Å². The van der Waals surface area contributed by atoms with Crippen molar-refractivity contribution >= 4 is 0 Å². The lowest BCUT2D eigenvalue weighted by Crippen LogP contribution is -2.55. The zero-order valence-electron chi connectivity index (χ0n) is 22.6. The van der Waals surface area contributed by atoms with Crippen LogP contribution in [0.4, 0.5) is 22.0 Å². The standard InChI is InChI=1S/C30H45F5O2/c1-19(8-11-27(36)13-16-29(31,32)17-14-27)22-6-7-23-21-5-4-20-18-28(37,30(33,34)35)15-12-25(20,2)24(21)9-10-26(22,23)3/h4,19,21-24,36-37H,5-18H2,1-3H3/t19-,21+,22-,23+,24?,25+,26-,28+/m1/s1. The first-order valence-corrected chi connectivity index (χ1v) is 14.6. The molecular weight excluding hydrogens is 487 g/mol. The van der Waals surface area contributed by atoms with Crippen molar-refractivity contribution in [3.63, 3.8) is 0 Å². The van der Waals surface area contributed by atoms with Gasteiger partial charge in [0, 0.05) is 19.3 Å². The van der Waals surface area contributed by atoms with Crippen molar-refractivity contribution in [1.82, 2.24) is 0 Å². The van der Waals surface area contributed by atoms with Crippen molar-refractivity contribution in [3.8, 4) is 0 Å². The van der Waals surface area contributed by atoms with Gasteiger partial charge >= 0.3 is 6.18 Å². The summed E-state index contributed by atoms with van der Waals surface area (Å²) < 4.78 is 68.0. The van der Waals surface area contributed by atoms with Crippen molar-refractivity contribution < 1.29 is 32.2 Å². The molecule has 5 rings (SSSR count). The highest BCUT2D eigenvalue weighted by Gasteiger charge is 2.63. The largest absolute Gasteiger partial charge is 0.417 e. The van der Waals surface area contributed by atoms with Crippen LogP contribution in [-0.4, -0.2) is 33.5 Å². The Balaban J connectivity index is 1.27. The molecule has 0 aromatic heterocycles. The van der Waals surface area contributed by atoms with E-state index < -0.39 is 23.3 Å². The molecule has 4 saturated carbocycles. The van der Waals surface area contributed by atoms with Gasteiger partial charge in [-0.3, -0.25) is 0 Å². The summed E-state index contributed by atoms with van der Waals surface area (Å²) in [5.41, 5.74) is -2.84. The molecule has 0 bridgehead atoms. The lowest BCUT2D eigenvalue weighted by molar-refractivity contribution is -0.271. The zero-order chi connectivity index (χ0) is 27.1. The summed E-state index contributed by atoms with van der Waals surface area (Å²) in [6.07, 6.45) is 3.82. The molecule has 0 aromatic rings. The normalized spacial score (nSPS) is 45.8. The minimum absolute atomic E-state index is 0.172. The molecule has 0 saturated heterocycles. The fraction of sp³-hybridized carbons (Fsp3) is 0.933. The van der Waals surface area contributed by atoms with Crippen LogP contribution in [0.25, 0.3) is 0 Å². The fourth-order valence-corrected chi connectivity index (χ4v) is 9.89. The molecule has 8 atom stereocenters. The lowest BCUT2D eigenvalue weighted by atomic mass is 9.46. The number of hydrogen-bond acceptors (Lipinski definition) is 2. The van der Waals surface area contributed by atoms with Gasteiger partial charge in [0.25, 0.3) is 0 Å². The van der Waals surface area contributed by atoms with Crippen molar-refractivity contribution in [2.24, 2.45) is 40.4 Å². The van der Waals surface area contributed by atoms with Gasteiger partial charge in [0.05, 0.1) is 5.60 Å². The predicted molar refractivity (Wildman–Crippen MR) is 133 cm³/mol. The third-order valence-corrected chi connectivity index (χ3v) is 12.4. The molecular formula is C30H45F5O2. The van der Waals surface area contributed by atoms with E-state index in [0.29, 0.717) is 42.4 Å².